The van der Waals surface area contributed by atoms with Crippen molar-refractivity contribution in [3.05, 3.63) is 34.1 Å². The smallest absolute Gasteiger partial charge is 0.124 e. The van der Waals surface area contributed by atoms with Crippen LogP contribution >= 0.6 is 15.9 Å². The molecule has 1 aromatic carbocycles. The van der Waals surface area contributed by atoms with E-state index in [0.717, 1.165) is 22.9 Å². The molecule has 4 heteroatoms. The average molecular weight is 332 g/mol. The van der Waals surface area contributed by atoms with Gasteiger partial charge < -0.3 is 10.1 Å². The van der Waals surface area contributed by atoms with Crippen molar-refractivity contribution < 1.29 is 9.13 Å². The van der Waals surface area contributed by atoms with Gasteiger partial charge in [-0.25, -0.2) is 4.39 Å². The van der Waals surface area contributed by atoms with Crippen LogP contribution in [-0.4, -0.2) is 25.3 Å². The third-order valence-electron chi connectivity index (χ3n) is 3.70. The van der Waals surface area contributed by atoms with E-state index < -0.39 is 0 Å². The number of nitrogens with one attached hydrogen (secondary N) is 1. The van der Waals surface area contributed by atoms with Crippen molar-refractivity contribution in [2.75, 3.05) is 13.7 Å². The van der Waals surface area contributed by atoms with Crippen molar-refractivity contribution >= 4 is 15.9 Å². The highest BCUT2D eigenvalue weighted by atomic mass is 79.9. The molecule has 0 aliphatic carbocycles. The number of hydrogen-bond acceptors (Lipinski definition) is 2. The van der Waals surface area contributed by atoms with Gasteiger partial charge in [0.05, 0.1) is 5.60 Å². The Labute approximate surface area is 123 Å². The van der Waals surface area contributed by atoms with Crippen LogP contribution in [0.2, 0.25) is 0 Å². The van der Waals surface area contributed by atoms with Gasteiger partial charge in [-0.3, -0.25) is 0 Å². The Morgan fingerprint density at radius 3 is 2.58 bits per heavy atom. The number of likely N-dealkylation sites (N-methyl/N-ethyl adjacent to an activating group) is 1. The molecule has 0 aliphatic rings. The van der Waals surface area contributed by atoms with Gasteiger partial charge in [0.25, 0.3) is 0 Å². The summed E-state index contributed by atoms with van der Waals surface area (Å²) in [4.78, 5) is 0. The summed E-state index contributed by atoms with van der Waals surface area (Å²) < 4.78 is 19.8. The van der Waals surface area contributed by atoms with Gasteiger partial charge in [0.1, 0.15) is 5.82 Å². The molecule has 1 rings (SSSR count). The molecule has 0 radical (unpaired) electrons. The SMILES string of the molecule is CCOC(C)(CC)C(Cc1ccc(F)cc1Br)NC. The number of hydrogen-bond donors (Lipinski definition) is 1. The van der Waals surface area contributed by atoms with Crippen LogP contribution in [0.5, 0.6) is 0 Å². The molecule has 1 N–H and O–H groups in total. The summed E-state index contributed by atoms with van der Waals surface area (Å²) in [5, 5.41) is 3.33. The molecule has 2 unspecified atom stereocenters. The van der Waals surface area contributed by atoms with E-state index in [4.69, 9.17) is 4.74 Å². The zero-order valence-corrected chi connectivity index (χ0v) is 13.7. The van der Waals surface area contributed by atoms with Crippen LogP contribution in [-0.2, 0) is 11.2 Å². The van der Waals surface area contributed by atoms with Crippen LogP contribution < -0.4 is 5.32 Å². The highest BCUT2D eigenvalue weighted by Gasteiger charge is 2.32. The quantitative estimate of drug-likeness (QED) is 0.817. The fraction of sp³-hybridized carbons (Fsp3) is 0.600. The zero-order valence-electron chi connectivity index (χ0n) is 12.1. The molecule has 19 heavy (non-hydrogen) atoms. The molecular weight excluding hydrogens is 309 g/mol. The summed E-state index contributed by atoms with van der Waals surface area (Å²) in [6, 6.07) is 5.01. The van der Waals surface area contributed by atoms with Crippen molar-refractivity contribution in [2.24, 2.45) is 0 Å². The Hall–Kier alpha value is -0.450. The maximum absolute atomic E-state index is 13.1. The number of benzene rings is 1. The van der Waals surface area contributed by atoms with Gasteiger partial charge in [-0.15, -0.1) is 0 Å². The van der Waals surface area contributed by atoms with E-state index in [1.54, 1.807) is 0 Å². The molecule has 2 atom stereocenters. The molecule has 0 fully saturated rings. The molecule has 0 bridgehead atoms. The lowest BCUT2D eigenvalue weighted by Gasteiger charge is -2.37. The standard InChI is InChI=1S/C15H23BrFNO/c1-5-15(3,19-6-2)14(18-4)9-11-7-8-12(17)10-13(11)16/h7-8,10,14,18H,5-6,9H2,1-4H3. The van der Waals surface area contributed by atoms with Crippen LogP contribution in [0.25, 0.3) is 0 Å². The second kappa shape index (κ2) is 7.36. The summed E-state index contributed by atoms with van der Waals surface area (Å²) >= 11 is 3.42. The van der Waals surface area contributed by atoms with Gasteiger partial charge in [-0.2, -0.15) is 0 Å². The van der Waals surface area contributed by atoms with Gasteiger partial charge in [-0.05, 0) is 51.4 Å². The molecule has 0 amide bonds. The molecule has 0 aromatic heterocycles. The first kappa shape index (κ1) is 16.6. The second-order valence-electron chi connectivity index (χ2n) is 4.88. The summed E-state index contributed by atoms with van der Waals surface area (Å²) in [5.41, 5.74) is 0.859. The molecule has 0 spiro atoms. The predicted octanol–water partition coefficient (Wildman–Crippen LogP) is 3.92. The highest BCUT2D eigenvalue weighted by Crippen LogP contribution is 2.26. The van der Waals surface area contributed by atoms with Crippen molar-refractivity contribution in [1.29, 1.82) is 0 Å². The van der Waals surface area contributed by atoms with Crippen molar-refractivity contribution in [1.82, 2.24) is 5.32 Å². The summed E-state index contributed by atoms with van der Waals surface area (Å²) in [6.45, 7) is 6.94. The predicted molar refractivity (Wildman–Crippen MR) is 81.0 cm³/mol. The first-order chi connectivity index (χ1) is 8.96. The Morgan fingerprint density at radius 1 is 1.42 bits per heavy atom. The van der Waals surface area contributed by atoms with E-state index in [1.165, 1.54) is 12.1 Å². The Bertz CT molecular complexity index is 413. The van der Waals surface area contributed by atoms with E-state index in [0.29, 0.717) is 6.61 Å². The Balaban J connectivity index is 2.92. The van der Waals surface area contributed by atoms with E-state index in [-0.39, 0.29) is 17.5 Å². The molecule has 0 aliphatic heterocycles. The largest absolute Gasteiger partial charge is 0.374 e. The molecule has 0 saturated carbocycles. The third-order valence-corrected chi connectivity index (χ3v) is 4.44. The second-order valence-corrected chi connectivity index (χ2v) is 5.73. The van der Waals surface area contributed by atoms with Crippen molar-refractivity contribution in [2.45, 2.75) is 45.3 Å². The van der Waals surface area contributed by atoms with E-state index in [1.807, 2.05) is 20.0 Å². The van der Waals surface area contributed by atoms with Crippen LogP contribution in [0.3, 0.4) is 0 Å². The van der Waals surface area contributed by atoms with Gasteiger partial charge in [0.15, 0.2) is 0 Å². The highest BCUT2D eigenvalue weighted by molar-refractivity contribution is 9.10. The summed E-state index contributed by atoms with van der Waals surface area (Å²) in [6.07, 6.45) is 1.72. The minimum absolute atomic E-state index is 0.180. The van der Waals surface area contributed by atoms with Crippen molar-refractivity contribution in [3.63, 3.8) is 0 Å². The van der Waals surface area contributed by atoms with Crippen molar-refractivity contribution in [3.8, 4) is 0 Å². The minimum atomic E-state index is -0.225. The monoisotopic (exact) mass is 331 g/mol. The van der Waals surface area contributed by atoms with Crippen LogP contribution in [0.15, 0.2) is 22.7 Å². The molecule has 2 nitrogen and oxygen atoms in total. The van der Waals surface area contributed by atoms with Crippen LogP contribution in [0, 0.1) is 5.82 Å². The summed E-state index contributed by atoms with van der Waals surface area (Å²) in [7, 11) is 1.94. The fourth-order valence-electron chi connectivity index (χ4n) is 2.31. The molecule has 1 aromatic rings. The molecule has 0 saturated heterocycles. The lowest BCUT2D eigenvalue weighted by molar-refractivity contribution is -0.0534. The topological polar surface area (TPSA) is 21.3 Å². The Kier molecular flexibility index (Phi) is 6.43. The van der Waals surface area contributed by atoms with Gasteiger partial charge in [0.2, 0.25) is 0 Å². The van der Waals surface area contributed by atoms with E-state index in [9.17, 15) is 4.39 Å². The molecule has 0 heterocycles. The third kappa shape index (κ3) is 4.26. The lowest BCUT2D eigenvalue weighted by Crippen LogP contribution is -2.50. The van der Waals surface area contributed by atoms with E-state index in [2.05, 4.69) is 35.1 Å². The maximum atomic E-state index is 13.1. The van der Waals surface area contributed by atoms with E-state index >= 15 is 0 Å². The fourth-order valence-corrected chi connectivity index (χ4v) is 2.82. The van der Waals surface area contributed by atoms with Gasteiger partial charge >= 0.3 is 0 Å². The average Bonchev–Trinajstić information content (AvgIpc) is 2.38. The zero-order chi connectivity index (χ0) is 14.5. The maximum Gasteiger partial charge on any atom is 0.124 e. The van der Waals surface area contributed by atoms with Crippen LogP contribution in [0.4, 0.5) is 4.39 Å². The van der Waals surface area contributed by atoms with Gasteiger partial charge in [0, 0.05) is 17.1 Å². The minimum Gasteiger partial charge on any atom is -0.374 e. The number of rotatable bonds is 7. The van der Waals surface area contributed by atoms with Gasteiger partial charge in [-0.1, -0.05) is 28.9 Å². The molecule has 108 valence electrons. The number of ether oxygens (including phenoxy) is 1. The number of halogens is 2. The first-order valence-corrected chi connectivity index (χ1v) is 7.51. The normalized spacial score (nSPS) is 16.1. The first-order valence-electron chi connectivity index (χ1n) is 6.72. The molecular formula is C15H23BrFNO. The van der Waals surface area contributed by atoms with Crippen LogP contribution in [0.1, 0.15) is 32.8 Å². The Morgan fingerprint density at radius 2 is 2.11 bits per heavy atom. The summed E-state index contributed by atoms with van der Waals surface area (Å²) in [5.74, 6) is -0.223. The lowest BCUT2D eigenvalue weighted by atomic mass is 9.88.